The van der Waals surface area contributed by atoms with E-state index in [1.165, 1.54) is 12.8 Å². The molecule has 86 valence electrons. The van der Waals surface area contributed by atoms with Gasteiger partial charge in [-0.05, 0) is 18.8 Å². The van der Waals surface area contributed by atoms with E-state index in [0.29, 0.717) is 11.7 Å². The normalized spacial score (nSPS) is 25.5. The van der Waals surface area contributed by atoms with E-state index in [2.05, 4.69) is 4.90 Å². The SMILES string of the molecule is CC(C)C(=O)C(C1CC1)N1CCOCC1. The summed E-state index contributed by atoms with van der Waals surface area (Å²) in [4.78, 5) is 14.5. The van der Waals surface area contributed by atoms with Crippen LogP contribution < -0.4 is 0 Å². The maximum atomic E-state index is 12.1. The standard InChI is InChI=1S/C12H21NO2/c1-9(2)12(14)11(10-3-4-10)13-5-7-15-8-6-13/h9-11H,3-8H2,1-2H3. The number of hydrogen-bond acceptors (Lipinski definition) is 3. The highest BCUT2D eigenvalue weighted by atomic mass is 16.5. The van der Waals surface area contributed by atoms with Crippen LogP contribution in [-0.2, 0) is 9.53 Å². The molecule has 0 radical (unpaired) electrons. The molecule has 1 saturated carbocycles. The highest BCUT2D eigenvalue weighted by Crippen LogP contribution is 2.37. The van der Waals surface area contributed by atoms with Gasteiger partial charge in [0, 0.05) is 19.0 Å². The Kier molecular flexibility index (Phi) is 3.42. The lowest BCUT2D eigenvalue weighted by molar-refractivity contribution is -0.130. The molecule has 0 aromatic rings. The molecule has 0 spiro atoms. The Bertz CT molecular complexity index is 230. The number of Topliss-reactive ketones (excluding diaryl/α,β-unsaturated/α-hetero) is 1. The van der Waals surface area contributed by atoms with Crippen molar-refractivity contribution in [2.45, 2.75) is 32.7 Å². The van der Waals surface area contributed by atoms with Crippen molar-refractivity contribution in [2.75, 3.05) is 26.3 Å². The van der Waals surface area contributed by atoms with Gasteiger partial charge in [-0.1, -0.05) is 13.8 Å². The number of ether oxygens (including phenoxy) is 1. The first-order valence-electron chi connectivity index (χ1n) is 6.05. The van der Waals surface area contributed by atoms with Crippen LogP contribution in [0.2, 0.25) is 0 Å². The number of nitrogens with zero attached hydrogens (tertiary/aromatic N) is 1. The van der Waals surface area contributed by atoms with E-state index in [-0.39, 0.29) is 12.0 Å². The van der Waals surface area contributed by atoms with Gasteiger partial charge in [0.2, 0.25) is 0 Å². The van der Waals surface area contributed by atoms with E-state index >= 15 is 0 Å². The summed E-state index contributed by atoms with van der Waals surface area (Å²) in [5.41, 5.74) is 0. The molecule has 2 fully saturated rings. The molecular weight excluding hydrogens is 190 g/mol. The van der Waals surface area contributed by atoms with Crippen LogP contribution in [0.5, 0.6) is 0 Å². The molecule has 3 nitrogen and oxygen atoms in total. The van der Waals surface area contributed by atoms with Crippen molar-refractivity contribution in [1.82, 2.24) is 4.90 Å². The third-order valence-electron chi connectivity index (χ3n) is 3.37. The van der Waals surface area contributed by atoms with E-state index in [1.807, 2.05) is 13.8 Å². The lowest BCUT2D eigenvalue weighted by Gasteiger charge is -2.34. The van der Waals surface area contributed by atoms with Crippen LogP contribution in [0, 0.1) is 11.8 Å². The minimum absolute atomic E-state index is 0.165. The van der Waals surface area contributed by atoms with E-state index < -0.39 is 0 Å². The van der Waals surface area contributed by atoms with Gasteiger partial charge in [0.25, 0.3) is 0 Å². The number of carbonyl (C=O) groups is 1. The predicted octanol–water partition coefficient (Wildman–Crippen LogP) is 1.32. The molecule has 3 heteroatoms. The van der Waals surface area contributed by atoms with Crippen LogP contribution >= 0.6 is 0 Å². The minimum Gasteiger partial charge on any atom is -0.379 e. The summed E-state index contributed by atoms with van der Waals surface area (Å²) in [6.45, 7) is 7.46. The number of morpholine rings is 1. The second-order valence-electron chi connectivity index (χ2n) is 4.99. The Morgan fingerprint density at radius 3 is 2.33 bits per heavy atom. The molecule has 2 aliphatic rings. The van der Waals surface area contributed by atoms with Crippen LogP contribution in [0.15, 0.2) is 0 Å². The first kappa shape index (κ1) is 11.1. The number of rotatable bonds is 4. The van der Waals surface area contributed by atoms with Crippen LogP contribution in [0.4, 0.5) is 0 Å². The molecule has 1 atom stereocenters. The van der Waals surface area contributed by atoms with Crippen LogP contribution in [0.25, 0.3) is 0 Å². The van der Waals surface area contributed by atoms with Crippen molar-refractivity contribution >= 4 is 5.78 Å². The van der Waals surface area contributed by atoms with Gasteiger partial charge in [-0.3, -0.25) is 9.69 Å². The molecule has 0 aromatic heterocycles. The largest absolute Gasteiger partial charge is 0.379 e. The van der Waals surface area contributed by atoms with Gasteiger partial charge in [-0.25, -0.2) is 0 Å². The number of hydrogen-bond donors (Lipinski definition) is 0. The lowest BCUT2D eigenvalue weighted by Crippen LogP contribution is -2.49. The molecular formula is C12H21NO2. The quantitative estimate of drug-likeness (QED) is 0.702. The molecule has 15 heavy (non-hydrogen) atoms. The van der Waals surface area contributed by atoms with Gasteiger partial charge in [-0.15, -0.1) is 0 Å². The maximum absolute atomic E-state index is 12.1. The summed E-state index contributed by atoms with van der Waals surface area (Å²) in [7, 11) is 0. The van der Waals surface area contributed by atoms with E-state index in [1.54, 1.807) is 0 Å². The van der Waals surface area contributed by atoms with Gasteiger partial charge in [0.05, 0.1) is 19.3 Å². The molecule has 1 unspecified atom stereocenters. The fourth-order valence-electron chi connectivity index (χ4n) is 2.32. The summed E-state index contributed by atoms with van der Waals surface area (Å²) in [5.74, 6) is 1.23. The Hall–Kier alpha value is -0.410. The number of carbonyl (C=O) groups excluding carboxylic acids is 1. The first-order chi connectivity index (χ1) is 7.20. The van der Waals surface area contributed by atoms with Crippen molar-refractivity contribution < 1.29 is 9.53 Å². The molecule has 1 saturated heterocycles. The van der Waals surface area contributed by atoms with Gasteiger partial charge in [0.15, 0.2) is 5.78 Å². The molecule has 0 N–H and O–H groups in total. The highest BCUT2D eigenvalue weighted by molar-refractivity contribution is 5.86. The van der Waals surface area contributed by atoms with Gasteiger partial charge < -0.3 is 4.74 Å². The van der Waals surface area contributed by atoms with Crippen molar-refractivity contribution in [3.8, 4) is 0 Å². The van der Waals surface area contributed by atoms with E-state index in [9.17, 15) is 4.79 Å². The summed E-state index contributed by atoms with van der Waals surface area (Å²) in [5, 5.41) is 0. The summed E-state index contributed by atoms with van der Waals surface area (Å²) in [6.07, 6.45) is 2.47. The zero-order chi connectivity index (χ0) is 10.8. The predicted molar refractivity (Wildman–Crippen MR) is 58.7 cm³/mol. The fourth-order valence-corrected chi connectivity index (χ4v) is 2.32. The lowest BCUT2D eigenvalue weighted by atomic mass is 9.96. The molecule has 1 aliphatic carbocycles. The molecule has 0 aromatic carbocycles. The van der Waals surface area contributed by atoms with Crippen LogP contribution in [0.3, 0.4) is 0 Å². The Labute approximate surface area is 91.8 Å². The average molecular weight is 211 g/mol. The average Bonchev–Trinajstić information content (AvgIpc) is 3.04. The van der Waals surface area contributed by atoms with Gasteiger partial charge in [0.1, 0.15) is 0 Å². The molecule has 1 aliphatic heterocycles. The molecule has 0 amide bonds. The zero-order valence-corrected chi connectivity index (χ0v) is 9.74. The van der Waals surface area contributed by atoms with Crippen molar-refractivity contribution in [2.24, 2.45) is 11.8 Å². The smallest absolute Gasteiger partial charge is 0.152 e. The Balaban J connectivity index is 2.01. The maximum Gasteiger partial charge on any atom is 0.152 e. The topological polar surface area (TPSA) is 29.5 Å². The molecule has 1 heterocycles. The summed E-state index contributed by atoms with van der Waals surface area (Å²) >= 11 is 0. The van der Waals surface area contributed by atoms with Crippen molar-refractivity contribution in [3.05, 3.63) is 0 Å². The summed E-state index contributed by atoms with van der Waals surface area (Å²) in [6, 6.07) is 0.189. The second-order valence-corrected chi connectivity index (χ2v) is 4.99. The summed E-state index contributed by atoms with van der Waals surface area (Å²) < 4.78 is 5.34. The Morgan fingerprint density at radius 1 is 1.27 bits per heavy atom. The van der Waals surface area contributed by atoms with Crippen LogP contribution in [0.1, 0.15) is 26.7 Å². The molecule has 0 bridgehead atoms. The first-order valence-corrected chi connectivity index (χ1v) is 6.05. The minimum atomic E-state index is 0.165. The Morgan fingerprint density at radius 2 is 1.87 bits per heavy atom. The van der Waals surface area contributed by atoms with Gasteiger partial charge in [-0.2, -0.15) is 0 Å². The van der Waals surface area contributed by atoms with E-state index in [4.69, 9.17) is 4.74 Å². The monoisotopic (exact) mass is 211 g/mol. The number of ketones is 1. The highest BCUT2D eigenvalue weighted by Gasteiger charge is 2.40. The van der Waals surface area contributed by atoms with Crippen molar-refractivity contribution in [1.29, 1.82) is 0 Å². The third-order valence-corrected chi connectivity index (χ3v) is 3.37. The zero-order valence-electron chi connectivity index (χ0n) is 9.74. The van der Waals surface area contributed by atoms with Crippen LogP contribution in [-0.4, -0.2) is 43.0 Å². The second kappa shape index (κ2) is 4.62. The van der Waals surface area contributed by atoms with Gasteiger partial charge >= 0.3 is 0 Å². The van der Waals surface area contributed by atoms with Crippen molar-refractivity contribution in [3.63, 3.8) is 0 Å². The van der Waals surface area contributed by atoms with E-state index in [0.717, 1.165) is 26.3 Å². The molecule has 2 rings (SSSR count). The third kappa shape index (κ3) is 2.58. The fraction of sp³-hybridized carbons (Fsp3) is 0.917.